The van der Waals surface area contributed by atoms with E-state index in [1.807, 2.05) is 0 Å². The predicted octanol–water partition coefficient (Wildman–Crippen LogP) is 0.309. The smallest absolute Gasteiger partial charge is 0.281 e. The van der Waals surface area contributed by atoms with Crippen LogP contribution in [0.1, 0.15) is 50.4 Å². The van der Waals surface area contributed by atoms with E-state index in [0.717, 1.165) is 25.7 Å². The Balaban J connectivity index is 1.62. The summed E-state index contributed by atoms with van der Waals surface area (Å²) in [6, 6.07) is 0.144. The van der Waals surface area contributed by atoms with Crippen molar-refractivity contribution in [3.63, 3.8) is 0 Å². The molecule has 0 radical (unpaired) electrons. The van der Waals surface area contributed by atoms with Gasteiger partial charge in [0.1, 0.15) is 5.69 Å². The average molecular weight is 329 g/mol. The molecule has 3 rings (SSSR count). The summed E-state index contributed by atoms with van der Waals surface area (Å²) in [7, 11) is -3.29. The molecule has 2 aliphatic heterocycles. The molecule has 124 valence electrons. The van der Waals surface area contributed by atoms with Gasteiger partial charge in [-0.05, 0) is 32.6 Å². The molecule has 2 aliphatic rings. The van der Waals surface area contributed by atoms with E-state index in [4.69, 9.17) is 0 Å². The van der Waals surface area contributed by atoms with Crippen LogP contribution in [0, 0.1) is 0 Å². The summed E-state index contributed by atoms with van der Waals surface area (Å²) < 4.78 is 29.9. The van der Waals surface area contributed by atoms with Gasteiger partial charge in [0, 0.05) is 26.2 Å². The molecule has 0 bridgehead atoms. The number of aliphatic hydroxyl groups excluding tert-OH is 1. The van der Waals surface area contributed by atoms with Gasteiger partial charge < -0.3 is 5.11 Å². The zero-order valence-corrected chi connectivity index (χ0v) is 13.6. The number of hydrogen-bond donors (Lipinski definition) is 1. The Bertz CT molecular complexity index is 601. The fourth-order valence-electron chi connectivity index (χ4n) is 3.08. The van der Waals surface area contributed by atoms with Crippen LogP contribution in [0.25, 0.3) is 0 Å². The number of aromatic nitrogens is 3. The molecule has 1 aromatic rings. The van der Waals surface area contributed by atoms with Gasteiger partial charge in [0.15, 0.2) is 0 Å². The van der Waals surface area contributed by atoms with Crippen molar-refractivity contribution in [1.29, 1.82) is 0 Å². The summed E-state index contributed by atoms with van der Waals surface area (Å²) in [5, 5.41) is 17.5. The predicted molar refractivity (Wildman–Crippen MR) is 80.2 cm³/mol. The summed E-state index contributed by atoms with van der Waals surface area (Å²) in [6.45, 7) is 3.95. The van der Waals surface area contributed by atoms with Crippen LogP contribution in [-0.2, 0) is 10.2 Å². The molecule has 9 heteroatoms. The van der Waals surface area contributed by atoms with Crippen LogP contribution in [0.4, 0.5) is 0 Å². The molecule has 0 saturated carbocycles. The molecule has 1 aromatic heterocycles. The standard InChI is InChI=1S/C13H23N5O3S/c1-11(19)13-10-18(15-14-13)12-4-8-17(9-5-12)22(20,21)16-6-2-3-7-16/h10-12,19H,2-9H2,1H3/t11-/m1/s1. The Labute approximate surface area is 130 Å². The van der Waals surface area contributed by atoms with E-state index in [9.17, 15) is 13.5 Å². The van der Waals surface area contributed by atoms with Gasteiger partial charge in [-0.15, -0.1) is 5.10 Å². The molecule has 0 spiro atoms. The summed E-state index contributed by atoms with van der Waals surface area (Å²) in [4.78, 5) is 0. The monoisotopic (exact) mass is 329 g/mol. The number of hydrogen-bond acceptors (Lipinski definition) is 5. The van der Waals surface area contributed by atoms with Crippen LogP contribution >= 0.6 is 0 Å². The molecule has 3 heterocycles. The Morgan fingerprint density at radius 3 is 2.32 bits per heavy atom. The van der Waals surface area contributed by atoms with Crippen LogP contribution < -0.4 is 0 Å². The van der Waals surface area contributed by atoms with Gasteiger partial charge in [0.25, 0.3) is 10.2 Å². The van der Waals surface area contributed by atoms with Crippen LogP contribution in [0.3, 0.4) is 0 Å². The van der Waals surface area contributed by atoms with E-state index >= 15 is 0 Å². The van der Waals surface area contributed by atoms with E-state index in [2.05, 4.69) is 10.3 Å². The first-order valence-corrected chi connectivity index (χ1v) is 9.23. The second kappa shape index (κ2) is 6.23. The second-order valence-corrected chi connectivity index (χ2v) is 7.97. The lowest BCUT2D eigenvalue weighted by Crippen LogP contribution is -2.46. The van der Waals surface area contributed by atoms with Gasteiger partial charge >= 0.3 is 0 Å². The summed E-state index contributed by atoms with van der Waals surface area (Å²) in [5.74, 6) is 0. The highest BCUT2D eigenvalue weighted by atomic mass is 32.2. The van der Waals surface area contributed by atoms with Gasteiger partial charge in [-0.25, -0.2) is 4.68 Å². The van der Waals surface area contributed by atoms with Crippen molar-refractivity contribution in [2.45, 2.75) is 44.8 Å². The minimum atomic E-state index is -3.29. The van der Waals surface area contributed by atoms with Crippen molar-refractivity contribution in [2.24, 2.45) is 0 Å². The Morgan fingerprint density at radius 1 is 1.18 bits per heavy atom. The van der Waals surface area contributed by atoms with Gasteiger partial charge in [-0.2, -0.15) is 17.0 Å². The molecule has 2 fully saturated rings. The molecular weight excluding hydrogens is 306 g/mol. The number of rotatable bonds is 4. The highest BCUT2D eigenvalue weighted by Gasteiger charge is 2.34. The van der Waals surface area contributed by atoms with E-state index in [1.165, 1.54) is 0 Å². The van der Waals surface area contributed by atoms with E-state index in [0.29, 0.717) is 31.9 Å². The van der Waals surface area contributed by atoms with Crippen LogP contribution in [0.5, 0.6) is 0 Å². The molecule has 22 heavy (non-hydrogen) atoms. The van der Waals surface area contributed by atoms with E-state index < -0.39 is 16.3 Å². The molecule has 2 saturated heterocycles. The van der Waals surface area contributed by atoms with Crippen LogP contribution in [-0.4, -0.2) is 63.3 Å². The van der Waals surface area contributed by atoms with Crippen molar-refractivity contribution in [2.75, 3.05) is 26.2 Å². The molecule has 1 N–H and O–H groups in total. The summed E-state index contributed by atoms with van der Waals surface area (Å²) in [5.41, 5.74) is 0.548. The Hall–Kier alpha value is -1.03. The lowest BCUT2D eigenvalue weighted by molar-refractivity contribution is 0.194. The van der Waals surface area contributed by atoms with Gasteiger partial charge in [-0.3, -0.25) is 0 Å². The second-order valence-electron chi connectivity index (χ2n) is 6.04. The van der Waals surface area contributed by atoms with Crippen LogP contribution in [0.2, 0.25) is 0 Å². The molecule has 1 atom stereocenters. The minimum Gasteiger partial charge on any atom is -0.387 e. The number of nitrogens with zero attached hydrogens (tertiary/aromatic N) is 5. The highest BCUT2D eigenvalue weighted by molar-refractivity contribution is 7.86. The zero-order chi connectivity index (χ0) is 15.7. The average Bonchev–Trinajstić information content (AvgIpc) is 3.19. The first kappa shape index (κ1) is 15.9. The molecule has 8 nitrogen and oxygen atoms in total. The topological polar surface area (TPSA) is 91.6 Å². The highest BCUT2D eigenvalue weighted by Crippen LogP contribution is 2.26. The summed E-state index contributed by atoms with van der Waals surface area (Å²) >= 11 is 0. The van der Waals surface area contributed by atoms with Gasteiger partial charge in [0.05, 0.1) is 18.3 Å². The minimum absolute atomic E-state index is 0.144. The normalized spacial score (nSPS) is 23.9. The SMILES string of the molecule is C[C@@H](O)c1cn(C2CCN(S(=O)(=O)N3CCCC3)CC2)nn1. The van der Waals surface area contributed by atoms with E-state index in [-0.39, 0.29) is 6.04 Å². The quantitative estimate of drug-likeness (QED) is 0.858. The molecule has 0 amide bonds. The fourth-order valence-corrected chi connectivity index (χ4v) is 4.80. The number of piperidine rings is 1. The number of aliphatic hydroxyl groups is 1. The molecular formula is C13H23N5O3S. The van der Waals surface area contributed by atoms with Crippen molar-refractivity contribution >= 4 is 10.2 Å². The Morgan fingerprint density at radius 2 is 1.77 bits per heavy atom. The van der Waals surface area contributed by atoms with Gasteiger partial charge in [-0.1, -0.05) is 5.21 Å². The first-order chi connectivity index (χ1) is 10.5. The maximum absolute atomic E-state index is 12.5. The third-order valence-corrected chi connectivity index (χ3v) is 6.51. The van der Waals surface area contributed by atoms with Crippen molar-refractivity contribution in [1.82, 2.24) is 23.6 Å². The lowest BCUT2D eigenvalue weighted by Gasteiger charge is -2.33. The van der Waals surface area contributed by atoms with Crippen molar-refractivity contribution < 1.29 is 13.5 Å². The maximum atomic E-state index is 12.5. The fraction of sp³-hybridized carbons (Fsp3) is 0.846. The van der Waals surface area contributed by atoms with Crippen LogP contribution in [0.15, 0.2) is 6.20 Å². The molecule has 0 aromatic carbocycles. The Kier molecular flexibility index (Phi) is 4.49. The zero-order valence-electron chi connectivity index (χ0n) is 12.8. The molecule has 0 unspecified atom stereocenters. The maximum Gasteiger partial charge on any atom is 0.281 e. The van der Waals surface area contributed by atoms with Gasteiger partial charge in [0.2, 0.25) is 0 Å². The third kappa shape index (κ3) is 3.03. The molecule has 0 aliphatic carbocycles. The van der Waals surface area contributed by atoms with Crippen molar-refractivity contribution in [3.8, 4) is 0 Å². The third-order valence-electron chi connectivity index (χ3n) is 4.47. The first-order valence-electron chi connectivity index (χ1n) is 7.83. The van der Waals surface area contributed by atoms with Crippen molar-refractivity contribution in [3.05, 3.63) is 11.9 Å². The van der Waals surface area contributed by atoms with E-state index in [1.54, 1.807) is 26.4 Å². The lowest BCUT2D eigenvalue weighted by atomic mass is 10.1. The largest absolute Gasteiger partial charge is 0.387 e. The summed E-state index contributed by atoms with van der Waals surface area (Å²) in [6.07, 6.45) is 4.46.